The van der Waals surface area contributed by atoms with Gasteiger partial charge >= 0.3 is 5.65 Å². The lowest BCUT2D eigenvalue weighted by Crippen LogP contribution is -2.27. The van der Waals surface area contributed by atoms with Crippen molar-refractivity contribution >= 4 is 28.4 Å². The molecule has 3 aromatic rings. The van der Waals surface area contributed by atoms with Crippen molar-refractivity contribution in [3.05, 3.63) is 11.9 Å². The average molecular weight is 446 g/mol. The van der Waals surface area contributed by atoms with Crippen molar-refractivity contribution < 1.29 is 23.4 Å². The summed E-state index contributed by atoms with van der Waals surface area (Å²) >= 11 is 0. The minimum absolute atomic E-state index is 0.104. The Balaban J connectivity index is 1.82. The molecule has 3 N–H and O–H groups in total. The second-order valence-electron chi connectivity index (χ2n) is 8.02. The van der Waals surface area contributed by atoms with Gasteiger partial charge in [-0.05, 0) is 18.8 Å². The standard InChI is InChI=1S/C22H32N6O4/c1-13(2)11-17(29)23-9-7-8-10-24-21-22-27-26-14(3)28(22)18-15(25-21)12-16(30-4)19(31-5)20(18)32-6/h12-13H,7-11H2,1-6H3,(H2,23,24,25,29)/p+1. The van der Waals surface area contributed by atoms with Crippen molar-refractivity contribution in [2.24, 2.45) is 5.92 Å². The molecule has 174 valence electrons. The number of ether oxygens (including phenoxy) is 3. The summed E-state index contributed by atoms with van der Waals surface area (Å²) in [5.74, 6) is 3.51. The third-order valence-corrected chi connectivity index (χ3v) is 5.13. The lowest BCUT2D eigenvalue weighted by Gasteiger charge is -2.14. The predicted molar refractivity (Wildman–Crippen MR) is 122 cm³/mol. The number of amides is 1. The second kappa shape index (κ2) is 10.3. The summed E-state index contributed by atoms with van der Waals surface area (Å²) in [6.07, 6.45) is 2.32. The molecular weight excluding hydrogens is 412 g/mol. The van der Waals surface area contributed by atoms with E-state index >= 15 is 0 Å². The number of benzene rings is 1. The summed E-state index contributed by atoms with van der Waals surface area (Å²) in [6, 6.07) is 1.82. The van der Waals surface area contributed by atoms with Crippen molar-refractivity contribution in [3.63, 3.8) is 0 Å². The molecule has 2 heterocycles. The highest BCUT2D eigenvalue weighted by Crippen LogP contribution is 2.42. The van der Waals surface area contributed by atoms with Crippen LogP contribution in [0.2, 0.25) is 0 Å². The Morgan fingerprint density at radius 2 is 1.84 bits per heavy atom. The van der Waals surface area contributed by atoms with Crippen LogP contribution in [0.1, 0.15) is 38.9 Å². The molecule has 0 saturated heterocycles. The molecule has 0 aliphatic rings. The number of hydrogen-bond donors (Lipinski definition) is 3. The number of nitrogens with zero attached hydrogens (tertiary/aromatic N) is 3. The molecule has 10 nitrogen and oxygen atoms in total. The van der Waals surface area contributed by atoms with Gasteiger partial charge in [0.15, 0.2) is 11.3 Å². The molecule has 1 aromatic carbocycles. The van der Waals surface area contributed by atoms with E-state index in [-0.39, 0.29) is 5.91 Å². The van der Waals surface area contributed by atoms with Crippen LogP contribution < -0.4 is 29.2 Å². The largest absolute Gasteiger partial charge is 0.493 e. The molecule has 0 saturated carbocycles. The zero-order valence-electron chi connectivity index (χ0n) is 19.7. The number of H-pyrrole nitrogens is 1. The van der Waals surface area contributed by atoms with Crippen LogP contribution in [0.3, 0.4) is 0 Å². The fourth-order valence-electron chi connectivity index (χ4n) is 3.67. The summed E-state index contributed by atoms with van der Waals surface area (Å²) in [5.41, 5.74) is 2.08. The maximum Gasteiger partial charge on any atom is 0.349 e. The van der Waals surface area contributed by atoms with Gasteiger partial charge in [0.2, 0.25) is 29.0 Å². The molecule has 1 amide bonds. The van der Waals surface area contributed by atoms with Gasteiger partial charge in [0.25, 0.3) is 0 Å². The van der Waals surface area contributed by atoms with Crippen LogP contribution in [0.15, 0.2) is 6.07 Å². The average Bonchev–Trinajstić information content (AvgIpc) is 3.15. The molecule has 0 fully saturated rings. The van der Waals surface area contributed by atoms with Crippen LogP contribution in [-0.4, -0.2) is 55.5 Å². The minimum Gasteiger partial charge on any atom is -0.493 e. The number of aromatic amines is 1. The monoisotopic (exact) mass is 445 g/mol. The van der Waals surface area contributed by atoms with Crippen LogP contribution >= 0.6 is 0 Å². The highest BCUT2D eigenvalue weighted by atomic mass is 16.5. The van der Waals surface area contributed by atoms with E-state index in [1.165, 1.54) is 0 Å². The number of nitrogens with one attached hydrogen (secondary N) is 3. The van der Waals surface area contributed by atoms with E-state index in [0.717, 1.165) is 24.2 Å². The Hall–Kier alpha value is -3.30. The van der Waals surface area contributed by atoms with Crippen LogP contribution in [0.25, 0.3) is 16.7 Å². The fraction of sp³-hybridized carbons (Fsp3) is 0.545. The van der Waals surface area contributed by atoms with E-state index in [1.54, 1.807) is 21.3 Å². The molecule has 2 aromatic heterocycles. The van der Waals surface area contributed by atoms with Gasteiger partial charge in [-0.3, -0.25) is 4.79 Å². The molecule has 10 heteroatoms. The highest BCUT2D eigenvalue weighted by molar-refractivity contribution is 5.87. The SMILES string of the molecule is COc1cc2nc(NCCCCNC(=O)CC(C)C)c3n[nH]c(C)[n+]3c2c(OC)c1OC. The summed E-state index contributed by atoms with van der Waals surface area (Å²) in [6.45, 7) is 7.37. The predicted octanol–water partition coefficient (Wildman–Crippen LogP) is 2.39. The molecule has 0 aliphatic heterocycles. The minimum atomic E-state index is 0.104. The normalized spacial score (nSPS) is 11.2. The smallest absolute Gasteiger partial charge is 0.349 e. The second-order valence-corrected chi connectivity index (χ2v) is 8.02. The van der Waals surface area contributed by atoms with Crippen LogP contribution in [0.5, 0.6) is 17.2 Å². The lowest BCUT2D eigenvalue weighted by molar-refractivity contribution is -0.490. The Bertz CT molecular complexity index is 1100. The van der Waals surface area contributed by atoms with E-state index in [9.17, 15) is 4.79 Å². The Morgan fingerprint density at radius 1 is 1.12 bits per heavy atom. The number of carbonyl (C=O) groups is 1. The molecule has 32 heavy (non-hydrogen) atoms. The van der Waals surface area contributed by atoms with Gasteiger partial charge in [-0.25, -0.2) is 4.98 Å². The third-order valence-electron chi connectivity index (χ3n) is 5.13. The zero-order chi connectivity index (χ0) is 23.3. The lowest BCUT2D eigenvalue weighted by atomic mass is 10.1. The Labute approximate surface area is 187 Å². The third kappa shape index (κ3) is 4.79. The molecule has 0 aliphatic carbocycles. The first-order valence-electron chi connectivity index (χ1n) is 10.8. The summed E-state index contributed by atoms with van der Waals surface area (Å²) < 4.78 is 18.6. The number of fused-ring (bicyclic) bond motifs is 3. The van der Waals surface area contributed by atoms with Gasteiger partial charge < -0.3 is 24.8 Å². The summed E-state index contributed by atoms with van der Waals surface area (Å²) in [4.78, 5) is 16.5. The van der Waals surface area contributed by atoms with Crippen LogP contribution in [-0.2, 0) is 4.79 Å². The number of rotatable bonds is 11. The van der Waals surface area contributed by atoms with Gasteiger partial charge in [0, 0.05) is 37.6 Å². The van der Waals surface area contributed by atoms with Crippen LogP contribution in [0, 0.1) is 12.8 Å². The number of hydrogen-bond acceptors (Lipinski definition) is 7. The zero-order valence-corrected chi connectivity index (χ0v) is 19.7. The van der Waals surface area contributed by atoms with E-state index in [4.69, 9.17) is 19.2 Å². The summed E-state index contributed by atoms with van der Waals surface area (Å²) in [5, 5.41) is 13.8. The first kappa shape index (κ1) is 23.4. The number of anilines is 1. The van der Waals surface area contributed by atoms with Crippen LogP contribution in [0.4, 0.5) is 5.82 Å². The number of carbonyl (C=O) groups excluding carboxylic acids is 1. The first-order chi connectivity index (χ1) is 15.4. The molecule has 0 radical (unpaired) electrons. The van der Waals surface area contributed by atoms with E-state index < -0.39 is 0 Å². The van der Waals surface area contributed by atoms with Crippen molar-refractivity contribution in [3.8, 4) is 17.2 Å². The van der Waals surface area contributed by atoms with Gasteiger partial charge in [-0.15, -0.1) is 5.10 Å². The maximum absolute atomic E-state index is 11.8. The molecular formula is C22H33N6O4+. The Kier molecular flexibility index (Phi) is 7.55. The molecule has 0 atom stereocenters. The van der Waals surface area contributed by atoms with Crippen molar-refractivity contribution in [2.75, 3.05) is 39.7 Å². The van der Waals surface area contributed by atoms with Gasteiger partial charge in [0.1, 0.15) is 5.52 Å². The quantitative estimate of drug-likeness (QED) is 0.307. The van der Waals surface area contributed by atoms with Gasteiger partial charge in [0.05, 0.1) is 21.3 Å². The first-order valence-corrected chi connectivity index (χ1v) is 10.8. The van der Waals surface area contributed by atoms with E-state index in [2.05, 4.69) is 20.8 Å². The topological polar surface area (TPSA) is 114 Å². The molecule has 0 unspecified atom stereocenters. The van der Waals surface area contributed by atoms with Crippen molar-refractivity contribution in [2.45, 2.75) is 40.0 Å². The van der Waals surface area contributed by atoms with Gasteiger partial charge in [-0.1, -0.05) is 13.8 Å². The van der Waals surface area contributed by atoms with Crippen molar-refractivity contribution in [1.82, 2.24) is 20.5 Å². The van der Waals surface area contributed by atoms with E-state index in [1.807, 2.05) is 31.2 Å². The Morgan fingerprint density at radius 3 is 2.50 bits per heavy atom. The molecule has 0 spiro atoms. The number of methoxy groups -OCH3 is 3. The van der Waals surface area contributed by atoms with E-state index in [0.29, 0.717) is 59.7 Å². The molecule has 3 rings (SSSR count). The molecule has 0 bridgehead atoms. The number of aromatic nitrogens is 4. The number of unbranched alkanes of at least 4 members (excludes halogenated alkanes) is 1. The highest BCUT2D eigenvalue weighted by Gasteiger charge is 2.26. The maximum atomic E-state index is 11.8. The van der Waals surface area contributed by atoms with Gasteiger partial charge in [-0.2, -0.15) is 4.40 Å². The summed E-state index contributed by atoms with van der Waals surface area (Å²) in [7, 11) is 4.74. The fourth-order valence-corrected chi connectivity index (χ4v) is 3.67. The van der Waals surface area contributed by atoms with Crippen molar-refractivity contribution in [1.29, 1.82) is 0 Å². The number of aryl methyl sites for hydroxylation is 1.